The van der Waals surface area contributed by atoms with Crippen molar-refractivity contribution < 1.29 is 9.13 Å². The van der Waals surface area contributed by atoms with Gasteiger partial charge in [0.25, 0.3) is 0 Å². The normalized spacial score (nSPS) is 20.9. The van der Waals surface area contributed by atoms with Gasteiger partial charge >= 0.3 is 0 Å². The van der Waals surface area contributed by atoms with Gasteiger partial charge in [-0.1, -0.05) is 48.6 Å². The predicted octanol–water partition coefficient (Wildman–Crippen LogP) is 6.49. The molecule has 25 heavy (non-hydrogen) atoms. The van der Waals surface area contributed by atoms with E-state index in [4.69, 9.17) is 4.74 Å². The zero-order valence-electron chi connectivity index (χ0n) is 15.2. The van der Waals surface area contributed by atoms with Crippen LogP contribution < -0.4 is 0 Å². The van der Waals surface area contributed by atoms with Gasteiger partial charge in [0.1, 0.15) is 5.82 Å². The molecule has 0 atom stereocenters. The van der Waals surface area contributed by atoms with Crippen LogP contribution in [0.25, 0.3) is 11.1 Å². The number of rotatable bonds is 5. The van der Waals surface area contributed by atoms with E-state index in [9.17, 15) is 4.39 Å². The number of ether oxygens (including phenoxy) is 1. The fourth-order valence-corrected chi connectivity index (χ4v) is 3.88. The first-order chi connectivity index (χ1) is 12.2. The maximum atomic E-state index is 14.7. The van der Waals surface area contributed by atoms with Crippen molar-refractivity contribution in [2.45, 2.75) is 45.1 Å². The van der Waals surface area contributed by atoms with Crippen LogP contribution in [0.3, 0.4) is 0 Å². The van der Waals surface area contributed by atoms with Gasteiger partial charge in [-0.25, -0.2) is 4.39 Å². The zero-order chi connectivity index (χ0) is 17.6. The van der Waals surface area contributed by atoms with Crippen LogP contribution in [0, 0.1) is 11.7 Å². The summed E-state index contributed by atoms with van der Waals surface area (Å²) >= 11 is 0. The standard InChI is InChI=1S/C23H27FO/c1-3-4-17-5-9-19(10-6-17)21-13-14-22(23(24)15-21)20-11-7-18(8-12-20)16-25-2/h3-4,7-8,11-15,17,19H,5-6,9-10,16H2,1-2H3/b4-3+. The average Bonchev–Trinajstić information content (AvgIpc) is 2.64. The molecule has 0 unspecified atom stereocenters. The van der Waals surface area contributed by atoms with Gasteiger partial charge in [-0.15, -0.1) is 0 Å². The lowest BCUT2D eigenvalue weighted by molar-refractivity contribution is 0.185. The number of hydrogen-bond acceptors (Lipinski definition) is 1. The Bertz CT molecular complexity index is 709. The predicted molar refractivity (Wildman–Crippen MR) is 102 cm³/mol. The maximum absolute atomic E-state index is 14.7. The Kier molecular flexibility index (Phi) is 6.04. The highest BCUT2D eigenvalue weighted by atomic mass is 19.1. The van der Waals surface area contributed by atoms with Gasteiger partial charge in [0.15, 0.2) is 0 Å². The van der Waals surface area contributed by atoms with Gasteiger partial charge in [-0.3, -0.25) is 0 Å². The van der Waals surface area contributed by atoms with E-state index in [0.717, 1.165) is 29.5 Å². The van der Waals surface area contributed by atoms with Gasteiger partial charge in [-0.2, -0.15) is 0 Å². The molecule has 1 nitrogen and oxygen atoms in total. The summed E-state index contributed by atoms with van der Waals surface area (Å²) in [5, 5.41) is 0. The topological polar surface area (TPSA) is 9.23 Å². The van der Waals surface area contributed by atoms with Crippen molar-refractivity contribution in [3.8, 4) is 11.1 Å². The van der Waals surface area contributed by atoms with E-state index in [-0.39, 0.29) is 5.82 Å². The highest BCUT2D eigenvalue weighted by Crippen LogP contribution is 2.37. The summed E-state index contributed by atoms with van der Waals surface area (Å²) in [7, 11) is 1.68. The van der Waals surface area contributed by atoms with E-state index in [1.54, 1.807) is 13.2 Å². The molecule has 3 rings (SSSR count). The molecule has 2 heteroatoms. The fraction of sp³-hybridized carbons (Fsp3) is 0.391. The zero-order valence-corrected chi connectivity index (χ0v) is 15.2. The molecule has 0 aliphatic heterocycles. The van der Waals surface area contributed by atoms with Gasteiger partial charge in [0, 0.05) is 12.7 Å². The molecule has 0 spiro atoms. The van der Waals surface area contributed by atoms with Crippen LogP contribution in [0.2, 0.25) is 0 Å². The monoisotopic (exact) mass is 338 g/mol. The second kappa shape index (κ2) is 8.44. The quantitative estimate of drug-likeness (QED) is 0.566. The molecule has 0 aromatic heterocycles. The van der Waals surface area contributed by atoms with E-state index in [2.05, 4.69) is 25.1 Å². The molecule has 132 valence electrons. The second-order valence-electron chi connectivity index (χ2n) is 7.01. The third-order valence-corrected chi connectivity index (χ3v) is 5.28. The van der Waals surface area contributed by atoms with Crippen molar-refractivity contribution in [2.75, 3.05) is 7.11 Å². The Labute approximate surface area is 150 Å². The first-order valence-electron chi connectivity index (χ1n) is 9.21. The van der Waals surface area contributed by atoms with Crippen molar-refractivity contribution in [2.24, 2.45) is 5.92 Å². The van der Waals surface area contributed by atoms with Crippen LogP contribution in [-0.4, -0.2) is 7.11 Å². The summed E-state index contributed by atoms with van der Waals surface area (Å²) in [6, 6.07) is 13.7. The molecule has 0 bridgehead atoms. The van der Waals surface area contributed by atoms with E-state index < -0.39 is 0 Å². The van der Waals surface area contributed by atoms with Crippen LogP contribution in [0.4, 0.5) is 4.39 Å². The fourth-order valence-electron chi connectivity index (χ4n) is 3.88. The molecule has 1 aliphatic rings. The molecule has 0 radical (unpaired) electrons. The second-order valence-corrected chi connectivity index (χ2v) is 7.01. The highest BCUT2D eigenvalue weighted by Gasteiger charge is 2.21. The molecule has 0 amide bonds. The van der Waals surface area contributed by atoms with E-state index in [1.807, 2.05) is 30.3 Å². The van der Waals surface area contributed by atoms with Crippen molar-refractivity contribution in [3.63, 3.8) is 0 Å². The van der Waals surface area contributed by atoms with E-state index >= 15 is 0 Å². The molecule has 2 aromatic rings. The lowest BCUT2D eigenvalue weighted by Crippen LogP contribution is -2.12. The minimum absolute atomic E-state index is 0.118. The molecular weight excluding hydrogens is 311 g/mol. The van der Waals surface area contributed by atoms with Gasteiger partial charge in [0.05, 0.1) is 6.61 Å². The minimum Gasteiger partial charge on any atom is -0.380 e. The summed E-state index contributed by atoms with van der Waals surface area (Å²) in [6.07, 6.45) is 9.18. The third kappa shape index (κ3) is 4.38. The minimum atomic E-state index is -0.118. The summed E-state index contributed by atoms with van der Waals surface area (Å²) in [4.78, 5) is 0. The van der Waals surface area contributed by atoms with Gasteiger partial charge in [0.2, 0.25) is 0 Å². The Morgan fingerprint density at radius 1 is 1.04 bits per heavy atom. The summed E-state index contributed by atoms with van der Waals surface area (Å²) in [5.41, 5.74) is 3.84. The summed E-state index contributed by atoms with van der Waals surface area (Å²) in [6.45, 7) is 2.67. The Balaban J connectivity index is 1.73. The summed E-state index contributed by atoms with van der Waals surface area (Å²) in [5.74, 6) is 1.08. The first kappa shape index (κ1) is 17.9. The van der Waals surface area contributed by atoms with Crippen molar-refractivity contribution in [3.05, 3.63) is 71.6 Å². The largest absolute Gasteiger partial charge is 0.380 e. The lowest BCUT2D eigenvalue weighted by Gasteiger charge is -2.27. The lowest BCUT2D eigenvalue weighted by atomic mass is 9.78. The first-order valence-corrected chi connectivity index (χ1v) is 9.21. The molecule has 0 N–H and O–H groups in total. The number of methoxy groups -OCH3 is 1. The van der Waals surface area contributed by atoms with Crippen LogP contribution in [0.5, 0.6) is 0 Å². The SMILES string of the molecule is C/C=C/C1CCC(c2ccc(-c3ccc(COC)cc3)c(F)c2)CC1. The Morgan fingerprint density at radius 2 is 1.76 bits per heavy atom. The molecule has 1 saturated carbocycles. The molecule has 1 fully saturated rings. The average molecular weight is 338 g/mol. The maximum Gasteiger partial charge on any atom is 0.131 e. The molecule has 0 saturated heterocycles. The van der Waals surface area contributed by atoms with Crippen molar-refractivity contribution in [1.29, 1.82) is 0 Å². The molecule has 1 aliphatic carbocycles. The van der Waals surface area contributed by atoms with Gasteiger partial charge < -0.3 is 4.74 Å². The Hall–Kier alpha value is -1.93. The third-order valence-electron chi connectivity index (χ3n) is 5.28. The molecular formula is C23H27FO. The number of benzene rings is 2. The highest BCUT2D eigenvalue weighted by molar-refractivity contribution is 5.65. The van der Waals surface area contributed by atoms with Crippen LogP contribution in [-0.2, 0) is 11.3 Å². The molecule has 2 aromatic carbocycles. The molecule has 0 heterocycles. The van der Waals surface area contributed by atoms with E-state index in [1.165, 1.54) is 12.8 Å². The smallest absolute Gasteiger partial charge is 0.131 e. The summed E-state index contributed by atoms with van der Waals surface area (Å²) < 4.78 is 19.8. The van der Waals surface area contributed by atoms with Crippen LogP contribution >= 0.6 is 0 Å². The Morgan fingerprint density at radius 3 is 2.36 bits per heavy atom. The number of halogens is 1. The number of allylic oxidation sites excluding steroid dienone is 2. The van der Waals surface area contributed by atoms with Crippen molar-refractivity contribution in [1.82, 2.24) is 0 Å². The number of hydrogen-bond donors (Lipinski definition) is 0. The van der Waals surface area contributed by atoms with Crippen LogP contribution in [0.15, 0.2) is 54.6 Å². The van der Waals surface area contributed by atoms with Crippen molar-refractivity contribution >= 4 is 0 Å². The van der Waals surface area contributed by atoms with Gasteiger partial charge in [-0.05, 0) is 67.2 Å². The van der Waals surface area contributed by atoms with Crippen LogP contribution in [0.1, 0.15) is 49.7 Å². The van der Waals surface area contributed by atoms with E-state index in [0.29, 0.717) is 24.0 Å².